The van der Waals surface area contributed by atoms with E-state index in [0.717, 1.165) is 24.2 Å². The lowest BCUT2D eigenvalue weighted by Crippen LogP contribution is -2.00. The van der Waals surface area contributed by atoms with Gasteiger partial charge in [0.1, 0.15) is 0 Å². The molecule has 0 aliphatic rings. The first kappa shape index (κ1) is 36.3. The van der Waals surface area contributed by atoms with Gasteiger partial charge in [-0.1, -0.05) is 132 Å². The van der Waals surface area contributed by atoms with Crippen LogP contribution in [0.15, 0.2) is 84.9 Å². The van der Waals surface area contributed by atoms with Crippen LogP contribution in [0.5, 0.6) is 0 Å². The Hall–Kier alpha value is -3.52. The van der Waals surface area contributed by atoms with Crippen molar-refractivity contribution in [1.82, 2.24) is 0 Å². The molecule has 47 heavy (non-hydrogen) atoms. The van der Waals surface area contributed by atoms with Gasteiger partial charge in [-0.05, 0) is 133 Å². The quantitative estimate of drug-likeness (QED) is 0.0670. The van der Waals surface area contributed by atoms with Gasteiger partial charge in [0.05, 0.1) is 0 Å². The predicted octanol–water partition coefficient (Wildman–Crippen LogP) is 12.0. The Morgan fingerprint density at radius 1 is 0.340 bits per heavy atom. The Morgan fingerprint density at radius 3 is 1.04 bits per heavy atom. The van der Waals surface area contributed by atoms with Crippen LogP contribution >= 0.6 is 0 Å². The van der Waals surface area contributed by atoms with Gasteiger partial charge < -0.3 is 11.5 Å². The Kier molecular flexibility index (Phi) is 16.0. The van der Waals surface area contributed by atoms with Crippen molar-refractivity contribution in [3.63, 3.8) is 0 Å². The summed E-state index contributed by atoms with van der Waals surface area (Å²) in [6.45, 7) is 4.60. The first-order valence-electron chi connectivity index (χ1n) is 18.9. The first-order valence-corrected chi connectivity index (χ1v) is 18.9. The second-order valence-electron chi connectivity index (χ2n) is 13.9. The summed E-state index contributed by atoms with van der Waals surface area (Å²) < 4.78 is 0. The third kappa shape index (κ3) is 13.3. The molecule has 0 saturated carbocycles. The molecule has 2 heteroatoms. The number of benzene rings is 4. The number of aryl methyl sites for hydroxylation is 4. The van der Waals surface area contributed by atoms with Crippen molar-refractivity contribution in [2.24, 2.45) is 0 Å². The topological polar surface area (TPSA) is 52.0 Å². The van der Waals surface area contributed by atoms with Crippen LogP contribution in [-0.2, 0) is 38.5 Å². The van der Waals surface area contributed by atoms with Crippen LogP contribution in [0, 0.1) is 0 Å². The van der Waals surface area contributed by atoms with Gasteiger partial charge in [0.2, 0.25) is 0 Å². The molecular weight excluding hydrogens is 569 g/mol. The predicted molar refractivity (Wildman–Crippen MR) is 206 cm³/mol. The molecule has 0 aliphatic heterocycles. The number of nitrogens with two attached hydrogens (primary N) is 2. The molecule has 0 unspecified atom stereocenters. The van der Waals surface area contributed by atoms with Crippen molar-refractivity contribution in [2.45, 2.75) is 136 Å². The highest BCUT2D eigenvalue weighted by Gasteiger charge is 2.09. The number of hydrogen-bond donors (Lipinski definition) is 2. The number of nitrogen functional groups attached to an aromatic ring is 2. The van der Waals surface area contributed by atoms with Gasteiger partial charge >= 0.3 is 0 Å². The molecule has 0 amide bonds. The van der Waals surface area contributed by atoms with Gasteiger partial charge in [-0.2, -0.15) is 0 Å². The molecule has 0 spiro atoms. The third-order valence-corrected chi connectivity index (χ3v) is 9.81. The van der Waals surface area contributed by atoms with E-state index in [2.05, 4.69) is 74.5 Å². The summed E-state index contributed by atoms with van der Waals surface area (Å²) in [4.78, 5) is 0. The van der Waals surface area contributed by atoms with Crippen LogP contribution in [0.3, 0.4) is 0 Å². The zero-order valence-electron chi connectivity index (χ0n) is 29.7. The van der Waals surface area contributed by atoms with Crippen molar-refractivity contribution >= 4 is 11.4 Å². The second kappa shape index (κ2) is 20.7. The standard InChI is InChI=1S/C45H62N2/c1-3-5-7-9-12-18-42-34-38(32-36-22-28-44(46)29-23-36)20-26-40(42)16-14-11-15-17-41-27-21-39(33-37-24-30-45(47)31-25-37)35-43(41)19-13-10-8-6-4-2/h20-31,34-35H,3-19,32-33,46-47H2,1-2H3. The molecule has 4 aromatic rings. The number of rotatable bonds is 22. The van der Waals surface area contributed by atoms with E-state index in [4.69, 9.17) is 11.5 Å². The lowest BCUT2D eigenvalue weighted by molar-refractivity contribution is 0.625. The van der Waals surface area contributed by atoms with E-state index in [1.165, 1.54) is 131 Å². The molecule has 2 nitrogen and oxygen atoms in total. The van der Waals surface area contributed by atoms with Gasteiger partial charge in [-0.25, -0.2) is 0 Å². The molecule has 0 radical (unpaired) electrons. The summed E-state index contributed by atoms with van der Waals surface area (Å²) in [5.74, 6) is 0. The molecule has 0 aromatic heterocycles. The zero-order valence-corrected chi connectivity index (χ0v) is 29.7. The summed E-state index contributed by atoms with van der Waals surface area (Å²) in [6.07, 6.45) is 23.9. The minimum Gasteiger partial charge on any atom is -0.399 e. The van der Waals surface area contributed by atoms with Crippen molar-refractivity contribution in [3.05, 3.63) is 129 Å². The number of hydrogen-bond acceptors (Lipinski definition) is 2. The molecule has 0 atom stereocenters. The molecule has 0 heterocycles. The number of anilines is 2. The normalized spacial score (nSPS) is 11.3. The molecule has 0 aliphatic carbocycles. The van der Waals surface area contributed by atoms with Crippen LogP contribution in [0.1, 0.15) is 142 Å². The lowest BCUT2D eigenvalue weighted by atomic mass is 9.91. The van der Waals surface area contributed by atoms with Crippen molar-refractivity contribution in [2.75, 3.05) is 11.5 Å². The maximum atomic E-state index is 5.93. The molecule has 4 N–H and O–H groups in total. The van der Waals surface area contributed by atoms with E-state index in [0.29, 0.717) is 0 Å². The second-order valence-corrected chi connectivity index (χ2v) is 13.9. The van der Waals surface area contributed by atoms with Crippen LogP contribution in [0.4, 0.5) is 11.4 Å². The molecule has 252 valence electrons. The third-order valence-electron chi connectivity index (χ3n) is 9.81. The van der Waals surface area contributed by atoms with E-state index < -0.39 is 0 Å². The molecule has 0 bridgehead atoms. The molecule has 0 fully saturated rings. The van der Waals surface area contributed by atoms with E-state index in [1.54, 1.807) is 22.3 Å². The molecule has 0 saturated heterocycles. The average molecular weight is 631 g/mol. The Morgan fingerprint density at radius 2 is 0.660 bits per heavy atom. The fourth-order valence-corrected chi connectivity index (χ4v) is 6.92. The van der Waals surface area contributed by atoms with E-state index in [9.17, 15) is 0 Å². The zero-order chi connectivity index (χ0) is 33.1. The average Bonchev–Trinajstić information content (AvgIpc) is 3.08. The molecule has 4 rings (SSSR count). The smallest absolute Gasteiger partial charge is 0.0314 e. The first-order chi connectivity index (χ1) is 23.0. The SMILES string of the molecule is CCCCCCCc1cc(Cc2ccc(N)cc2)ccc1CCCCCc1ccc(Cc2ccc(N)cc2)cc1CCCCCCC. The summed E-state index contributed by atoms with van der Waals surface area (Å²) in [7, 11) is 0. The fraction of sp³-hybridized carbons (Fsp3) is 0.467. The van der Waals surface area contributed by atoms with Crippen LogP contribution in [-0.4, -0.2) is 0 Å². The van der Waals surface area contributed by atoms with Crippen LogP contribution in [0.25, 0.3) is 0 Å². The van der Waals surface area contributed by atoms with Gasteiger partial charge in [0.15, 0.2) is 0 Å². The van der Waals surface area contributed by atoms with Crippen LogP contribution < -0.4 is 11.5 Å². The van der Waals surface area contributed by atoms with E-state index in [-0.39, 0.29) is 0 Å². The molecular formula is C45H62N2. The van der Waals surface area contributed by atoms with Crippen molar-refractivity contribution < 1.29 is 0 Å². The van der Waals surface area contributed by atoms with Gasteiger partial charge in [-0.3, -0.25) is 0 Å². The van der Waals surface area contributed by atoms with Crippen molar-refractivity contribution in [1.29, 1.82) is 0 Å². The summed E-state index contributed by atoms with van der Waals surface area (Å²) in [5.41, 5.74) is 25.3. The van der Waals surface area contributed by atoms with Gasteiger partial charge in [0, 0.05) is 11.4 Å². The van der Waals surface area contributed by atoms with E-state index >= 15 is 0 Å². The Bertz CT molecular complexity index is 1320. The van der Waals surface area contributed by atoms with Gasteiger partial charge in [-0.15, -0.1) is 0 Å². The summed E-state index contributed by atoms with van der Waals surface area (Å²) in [5, 5.41) is 0. The Balaban J connectivity index is 1.34. The highest BCUT2D eigenvalue weighted by Crippen LogP contribution is 2.24. The number of unbranched alkanes of at least 4 members (excludes halogenated alkanes) is 10. The maximum absolute atomic E-state index is 5.93. The highest BCUT2D eigenvalue weighted by molar-refractivity contribution is 5.43. The van der Waals surface area contributed by atoms with Crippen LogP contribution in [0.2, 0.25) is 0 Å². The minimum atomic E-state index is 0.835. The molecule has 4 aromatic carbocycles. The largest absolute Gasteiger partial charge is 0.399 e. The Labute approximate surface area is 287 Å². The lowest BCUT2D eigenvalue weighted by Gasteiger charge is -2.14. The van der Waals surface area contributed by atoms with Crippen molar-refractivity contribution in [3.8, 4) is 0 Å². The van der Waals surface area contributed by atoms with E-state index in [1.807, 2.05) is 24.3 Å². The fourth-order valence-electron chi connectivity index (χ4n) is 6.92. The minimum absolute atomic E-state index is 0.835. The summed E-state index contributed by atoms with van der Waals surface area (Å²) >= 11 is 0. The van der Waals surface area contributed by atoms with Gasteiger partial charge in [0.25, 0.3) is 0 Å². The summed E-state index contributed by atoms with van der Waals surface area (Å²) in [6, 6.07) is 31.3. The highest BCUT2D eigenvalue weighted by atomic mass is 14.5. The monoisotopic (exact) mass is 630 g/mol. The maximum Gasteiger partial charge on any atom is 0.0314 e.